The molecule has 0 aliphatic carbocycles. The minimum absolute atomic E-state index is 0.0681. The van der Waals surface area contributed by atoms with E-state index in [4.69, 9.17) is 11.6 Å². The lowest BCUT2D eigenvalue weighted by Crippen LogP contribution is -2.16. The van der Waals surface area contributed by atoms with E-state index >= 15 is 0 Å². The molecule has 0 spiro atoms. The van der Waals surface area contributed by atoms with E-state index < -0.39 is 10.0 Å². The lowest BCUT2D eigenvalue weighted by molar-refractivity contribution is 0.582. The Bertz CT molecular complexity index is 389. The van der Waals surface area contributed by atoms with Gasteiger partial charge in [-0.25, -0.2) is 8.42 Å². The summed E-state index contributed by atoms with van der Waals surface area (Å²) in [5.74, 6) is 0. The standard InChI is InChI=1S/C8H9ClNO2S/c1-2-10-13(11,12)8-6-4-3-5-7(8)9/h3-6H,2H2,1H3. The fourth-order valence-electron chi connectivity index (χ4n) is 0.893. The highest BCUT2D eigenvalue weighted by molar-refractivity contribution is 7.89. The third-order valence-electron chi connectivity index (χ3n) is 1.41. The minimum atomic E-state index is -3.55. The van der Waals surface area contributed by atoms with Crippen molar-refractivity contribution in [3.05, 3.63) is 29.3 Å². The van der Waals surface area contributed by atoms with Gasteiger partial charge in [0.05, 0.1) is 5.02 Å². The van der Waals surface area contributed by atoms with Crippen LogP contribution in [0.5, 0.6) is 0 Å². The van der Waals surface area contributed by atoms with Crippen LogP contribution in [0.1, 0.15) is 6.92 Å². The van der Waals surface area contributed by atoms with Crippen molar-refractivity contribution in [3.63, 3.8) is 0 Å². The molecule has 0 aliphatic rings. The third-order valence-corrected chi connectivity index (χ3v) is 3.37. The fourth-order valence-corrected chi connectivity index (χ4v) is 2.37. The first-order chi connectivity index (χ1) is 6.08. The molecule has 0 saturated heterocycles. The van der Waals surface area contributed by atoms with Crippen molar-refractivity contribution < 1.29 is 8.42 Å². The fraction of sp³-hybridized carbons (Fsp3) is 0.250. The van der Waals surface area contributed by atoms with Crippen LogP contribution >= 0.6 is 11.6 Å². The van der Waals surface area contributed by atoms with E-state index in [1.807, 2.05) is 0 Å². The molecule has 1 rings (SSSR count). The predicted molar refractivity (Wildman–Crippen MR) is 51.3 cm³/mol. The van der Waals surface area contributed by atoms with E-state index in [0.717, 1.165) is 0 Å². The van der Waals surface area contributed by atoms with E-state index in [0.29, 0.717) is 0 Å². The molecule has 0 fully saturated rings. The molecule has 1 radical (unpaired) electrons. The molecule has 13 heavy (non-hydrogen) atoms. The van der Waals surface area contributed by atoms with E-state index in [1.165, 1.54) is 12.1 Å². The van der Waals surface area contributed by atoms with E-state index in [2.05, 4.69) is 4.72 Å². The molecule has 1 aromatic rings. The largest absolute Gasteiger partial charge is 0.258 e. The lowest BCUT2D eigenvalue weighted by Gasteiger charge is -2.03. The van der Waals surface area contributed by atoms with Crippen molar-refractivity contribution in [1.82, 2.24) is 4.72 Å². The van der Waals surface area contributed by atoms with Crippen LogP contribution in [0, 0.1) is 0 Å². The van der Waals surface area contributed by atoms with Gasteiger partial charge in [0.25, 0.3) is 10.0 Å². The van der Waals surface area contributed by atoms with Crippen LogP contribution in [0.25, 0.3) is 0 Å². The number of halogens is 1. The molecule has 0 unspecified atom stereocenters. The number of sulfonamides is 1. The summed E-state index contributed by atoms with van der Waals surface area (Å²) in [6, 6.07) is 6.26. The molecular formula is C8H9ClNO2S. The van der Waals surface area contributed by atoms with E-state index in [1.54, 1.807) is 19.1 Å². The summed E-state index contributed by atoms with van der Waals surface area (Å²) in [5, 5.41) is 0.208. The SMILES string of the molecule is CC[N]S(=O)(=O)c1ccccc1Cl. The van der Waals surface area contributed by atoms with Crippen LogP contribution in [0.4, 0.5) is 0 Å². The van der Waals surface area contributed by atoms with Gasteiger partial charge in [-0.2, -0.15) is 0 Å². The van der Waals surface area contributed by atoms with Crippen molar-refractivity contribution in [2.75, 3.05) is 6.54 Å². The zero-order valence-electron chi connectivity index (χ0n) is 7.07. The molecule has 0 saturated carbocycles. The number of benzene rings is 1. The van der Waals surface area contributed by atoms with Crippen molar-refractivity contribution in [3.8, 4) is 0 Å². The second kappa shape index (κ2) is 4.09. The molecule has 5 heteroatoms. The second-order valence-corrected chi connectivity index (χ2v) is 4.41. The van der Waals surface area contributed by atoms with Gasteiger partial charge in [0.2, 0.25) is 0 Å². The van der Waals surface area contributed by atoms with Gasteiger partial charge in [-0.15, -0.1) is 4.72 Å². The number of rotatable bonds is 3. The maximum absolute atomic E-state index is 11.4. The monoisotopic (exact) mass is 218 g/mol. The Hall–Kier alpha value is -0.580. The van der Waals surface area contributed by atoms with Crippen LogP contribution in [0.3, 0.4) is 0 Å². The molecule has 0 heterocycles. The summed E-state index contributed by atoms with van der Waals surface area (Å²) < 4.78 is 26.3. The Morgan fingerprint density at radius 2 is 2.00 bits per heavy atom. The smallest absolute Gasteiger partial charge is 0.206 e. The summed E-state index contributed by atoms with van der Waals surface area (Å²) in [4.78, 5) is 0.0681. The summed E-state index contributed by atoms with van der Waals surface area (Å²) in [6.07, 6.45) is 0. The Kier molecular flexibility index (Phi) is 3.30. The van der Waals surface area contributed by atoms with Gasteiger partial charge in [0.15, 0.2) is 0 Å². The molecule has 0 aromatic heterocycles. The van der Waals surface area contributed by atoms with E-state index in [-0.39, 0.29) is 16.5 Å². The highest BCUT2D eigenvalue weighted by atomic mass is 35.5. The van der Waals surface area contributed by atoms with Crippen molar-refractivity contribution in [1.29, 1.82) is 0 Å². The highest BCUT2D eigenvalue weighted by Gasteiger charge is 2.16. The summed E-state index contributed by atoms with van der Waals surface area (Å²) >= 11 is 5.71. The van der Waals surface area contributed by atoms with Crippen LogP contribution in [0.2, 0.25) is 5.02 Å². The molecule has 3 nitrogen and oxygen atoms in total. The first kappa shape index (κ1) is 10.5. The number of hydrogen-bond donors (Lipinski definition) is 0. The number of nitrogens with zero attached hydrogens (tertiary/aromatic N) is 1. The molecule has 0 atom stereocenters. The predicted octanol–water partition coefficient (Wildman–Crippen LogP) is 1.65. The maximum atomic E-state index is 11.4. The molecule has 0 bridgehead atoms. The van der Waals surface area contributed by atoms with Gasteiger partial charge in [-0.3, -0.25) is 0 Å². The van der Waals surface area contributed by atoms with Gasteiger partial charge >= 0.3 is 0 Å². The normalized spacial score (nSPS) is 11.5. The average molecular weight is 219 g/mol. The van der Waals surface area contributed by atoms with Gasteiger partial charge in [0, 0.05) is 6.54 Å². The van der Waals surface area contributed by atoms with Gasteiger partial charge in [0.1, 0.15) is 4.90 Å². The summed E-state index contributed by atoms with van der Waals surface area (Å²) in [6.45, 7) is 1.89. The summed E-state index contributed by atoms with van der Waals surface area (Å²) in [5.41, 5.74) is 0. The molecule has 0 aliphatic heterocycles. The zero-order valence-corrected chi connectivity index (χ0v) is 8.64. The van der Waals surface area contributed by atoms with Gasteiger partial charge in [-0.1, -0.05) is 23.7 Å². The second-order valence-electron chi connectivity index (χ2n) is 2.35. The average Bonchev–Trinajstić information content (AvgIpc) is 2.04. The molecule has 0 amide bonds. The molecule has 71 valence electrons. The number of hydrogen-bond acceptors (Lipinski definition) is 2. The lowest BCUT2D eigenvalue weighted by atomic mass is 10.4. The quantitative estimate of drug-likeness (QED) is 0.775. The minimum Gasteiger partial charge on any atom is -0.206 e. The first-order valence-electron chi connectivity index (χ1n) is 3.76. The van der Waals surface area contributed by atoms with Crippen LogP contribution < -0.4 is 4.72 Å². The van der Waals surface area contributed by atoms with Crippen molar-refractivity contribution in [2.45, 2.75) is 11.8 Å². The Morgan fingerprint density at radius 1 is 1.38 bits per heavy atom. The third kappa shape index (κ3) is 2.43. The van der Waals surface area contributed by atoms with Crippen LogP contribution in [-0.2, 0) is 10.0 Å². The summed E-state index contributed by atoms with van der Waals surface area (Å²) in [7, 11) is -3.55. The highest BCUT2D eigenvalue weighted by Crippen LogP contribution is 2.20. The topological polar surface area (TPSA) is 48.2 Å². The Labute approximate surface area is 82.8 Å². The van der Waals surface area contributed by atoms with Crippen LogP contribution in [0.15, 0.2) is 29.2 Å². The molecule has 0 N–H and O–H groups in total. The molecular weight excluding hydrogens is 210 g/mol. The first-order valence-corrected chi connectivity index (χ1v) is 5.58. The van der Waals surface area contributed by atoms with Crippen LogP contribution in [-0.4, -0.2) is 15.0 Å². The van der Waals surface area contributed by atoms with E-state index in [9.17, 15) is 8.42 Å². The van der Waals surface area contributed by atoms with Gasteiger partial charge in [-0.05, 0) is 19.1 Å². The van der Waals surface area contributed by atoms with Gasteiger partial charge < -0.3 is 0 Å². The molecule has 1 aromatic carbocycles. The zero-order chi connectivity index (χ0) is 9.90. The van der Waals surface area contributed by atoms with Crippen molar-refractivity contribution in [2.24, 2.45) is 0 Å². The maximum Gasteiger partial charge on any atom is 0.258 e. The Morgan fingerprint density at radius 3 is 2.54 bits per heavy atom. The van der Waals surface area contributed by atoms with Crippen molar-refractivity contribution >= 4 is 21.6 Å². The Balaban J connectivity index is 3.15.